The lowest BCUT2D eigenvalue weighted by Crippen LogP contribution is -1.99. The SMILES string of the molecule is C1=Cc2c(-c3cc(-c4cc5ccccc5c5ccccc45)cc(-c4cc5ccccc5c5ccccc45)c3)cc3ccccc3c2CC1. The average molecular weight is 609 g/mol. The molecule has 0 aromatic heterocycles. The highest BCUT2D eigenvalue weighted by Crippen LogP contribution is 2.44. The first-order valence-corrected chi connectivity index (χ1v) is 17.0. The highest BCUT2D eigenvalue weighted by atomic mass is 14.2. The minimum absolute atomic E-state index is 1.07. The van der Waals surface area contributed by atoms with E-state index in [0.29, 0.717) is 0 Å². The van der Waals surface area contributed by atoms with E-state index in [9.17, 15) is 0 Å². The number of aryl methyl sites for hydroxylation is 1. The van der Waals surface area contributed by atoms with Crippen molar-refractivity contribution in [3.8, 4) is 33.4 Å². The van der Waals surface area contributed by atoms with Crippen LogP contribution in [0.5, 0.6) is 0 Å². The second-order valence-electron chi connectivity index (χ2n) is 13.2. The summed E-state index contributed by atoms with van der Waals surface area (Å²) in [5.74, 6) is 0. The Balaban J connectivity index is 1.33. The molecular formula is C48H32. The molecule has 9 aromatic carbocycles. The number of hydrogen-bond acceptors (Lipinski definition) is 0. The standard InChI is InChI=1S/C48H32/c1-4-16-37-31(13-1)28-46(43-22-10-7-19-40(37)43)34-25-35(47-29-32-14-2-5-17-38(32)41-20-8-11-23-44(41)47)27-36(26-34)48-30-33-15-3-6-18-39(33)42-21-9-12-24-45(42)48/h1-8,10-20,22-30H,9,21H2. The van der Waals surface area contributed by atoms with Crippen molar-refractivity contribution < 1.29 is 0 Å². The molecule has 0 nitrogen and oxygen atoms in total. The van der Waals surface area contributed by atoms with E-state index in [0.717, 1.165) is 12.8 Å². The molecule has 0 bridgehead atoms. The number of rotatable bonds is 3. The molecule has 0 radical (unpaired) electrons. The van der Waals surface area contributed by atoms with Crippen LogP contribution in [-0.2, 0) is 6.42 Å². The van der Waals surface area contributed by atoms with Gasteiger partial charge in [-0.1, -0.05) is 133 Å². The van der Waals surface area contributed by atoms with E-state index < -0.39 is 0 Å². The maximum atomic E-state index is 2.44. The summed E-state index contributed by atoms with van der Waals surface area (Å²) in [6.07, 6.45) is 6.86. The van der Waals surface area contributed by atoms with Gasteiger partial charge in [-0.3, -0.25) is 0 Å². The molecule has 0 spiro atoms. The van der Waals surface area contributed by atoms with Gasteiger partial charge in [0.15, 0.2) is 0 Å². The molecule has 0 N–H and O–H groups in total. The number of benzene rings is 9. The summed E-state index contributed by atoms with van der Waals surface area (Å²) in [5.41, 5.74) is 10.4. The van der Waals surface area contributed by atoms with Crippen LogP contribution in [0.2, 0.25) is 0 Å². The predicted octanol–water partition coefficient (Wildman–Crippen LogP) is 13.4. The zero-order valence-electron chi connectivity index (χ0n) is 26.6. The summed E-state index contributed by atoms with van der Waals surface area (Å²) in [6.45, 7) is 0. The van der Waals surface area contributed by atoms with Gasteiger partial charge in [-0.25, -0.2) is 0 Å². The largest absolute Gasteiger partial charge is 0.0836 e. The van der Waals surface area contributed by atoms with Crippen LogP contribution < -0.4 is 0 Å². The second kappa shape index (κ2) is 10.8. The fourth-order valence-electron chi connectivity index (χ4n) is 8.25. The quantitative estimate of drug-likeness (QED) is 0.175. The van der Waals surface area contributed by atoms with Crippen LogP contribution in [0.25, 0.3) is 93.3 Å². The topological polar surface area (TPSA) is 0 Å². The normalized spacial score (nSPS) is 12.8. The van der Waals surface area contributed by atoms with Crippen LogP contribution in [-0.4, -0.2) is 0 Å². The monoisotopic (exact) mass is 608 g/mol. The van der Waals surface area contributed by atoms with Gasteiger partial charge in [0.05, 0.1) is 0 Å². The lowest BCUT2D eigenvalue weighted by molar-refractivity contribution is 0.998. The molecule has 0 heteroatoms. The van der Waals surface area contributed by atoms with Gasteiger partial charge in [-0.15, -0.1) is 0 Å². The van der Waals surface area contributed by atoms with Crippen molar-refractivity contribution in [1.29, 1.82) is 0 Å². The van der Waals surface area contributed by atoms with Crippen molar-refractivity contribution in [2.45, 2.75) is 12.8 Å². The molecule has 48 heavy (non-hydrogen) atoms. The van der Waals surface area contributed by atoms with Crippen LogP contribution in [0, 0.1) is 0 Å². The van der Waals surface area contributed by atoms with Crippen LogP contribution in [0.3, 0.4) is 0 Å². The second-order valence-corrected chi connectivity index (χ2v) is 13.2. The molecule has 0 fully saturated rings. The molecule has 0 atom stereocenters. The number of hydrogen-bond donors (Lipinski definition) is 0. The molecule has 0 heterocycles. The van der Waals surface area contributed by atoms with E-state index in [1.54, 1.807) is 0 Å². The lowest BCUT2D eigenvalue weighted by Gasteiger charge is -2.21. The minimum Gasteiger partial charge on any atom is -0.0836 e. The van der Waals surface area contributed by atoms with Crippen LogP contribution in [0.15, 0.2) is 164 Å². The summed E-state index contributed by atoms with van der Waals surface area (Å²) in [4.78, 5) is 0. The molecular weight excluding hydrogens is 577 g/mol. The van der Waals surface area contributed by atoms with Gasteiger partial charge in [0.2, 0.25) is 0 Å². The van der Waals surface area contributed by atoms with Gasteiger partial charge in [0.1, 0.15) is 0 Å². The summed E-state index contributed by atoms with van der Waals surface area (Å²) in [5, 5.41) is 12.9. The first-order valence-electron chi connectivity index (χ1n) is 17.0. The van der Waals surface area contributed by atoms with E-state index in [1.165, 1.54) is 98.4 Å². The fraction of sp³-hybridized carbons (Fsp3) is 0.0417. The maximum absolute atomic E-state index is 2.44. The summed E-state index contributed by atoms with van der Waals surface area (Å²) >= 11 is 0. The highest BCUT2D eigenvalue weighted by molar-refractivity contribution is 6.16. The van der Waals surface area contributed by atoms with Crippen molar-refractivity contribution in [1.82, 2.24) is 0 Å². The summed E-state index contributed by atoms with van der Waals surface area (Å²) in [6, 6.07) is 58.8. The van der Waals surface area contributed by atoms with E-state index in [-0.39, 0.29) is 0 Å². The Bertz CT molecular complexity index is 2640. The Kier molecular flexibility index (Phi) is 6.11. The Morgan fingerprint density at radius 2 is 0.729 bits per heavy atom. The van der Waals surface area contributed by atoms with Crippen molar-refractivity contribution in [3.63, 3.8) is 0 Å². The molecule has 10 rings (SSSR count). The predicted molar refractivity (Wildman–Crippen MR) is 208 cm³/mol. The molecule has 0 saturated heterocycles. The van der Waals surface area contributed by atoms with Crippen LogP contribution in [0.1, 0.15) is 17.5 Å². The van der Waals surface area contributed by atoms with Crippen LogP contribution >= 0.6 is 0 Å². The maximum Gasteiger partial charge on any atom is -0.00986 e. The third-order valence-electron chi connectivity index (χ3n) is 10.4. The lowest BCUT2D eigenvalue weighted by atomic mass is 9.83. The Hall–Kier alpha value is -5.98. The molecule has 9 aromatic rings. The molecule has 0 saturated carbocycles. The third kappa shape index (κ3) is 4.23. The zero-order valence-corrected chi connectivity index (χ0v) is 26.6. The van der Waals surface area contributed by atoms with E-state index in [2.05, 4.69) is 170 Å². The number of allylic oxidation sites excluding steroid dienone is 1. The van der Waals surface area contributed by atoms with E-state index >= 15 is 0 Å². The average Bonchev–Trinajstić information content (AvgIpc) is 3.16. The molecule has 0 unspecified atom stereocenters. The van der Waals surface area contributed by atoms with Crippen molar-refractivity contribution in [2.75, 3.05) is 0 Å². The van der Waals surface area contributed by atoms with E-state index in [1.807, 2.05) is 0 Å². The van der Waals surface area contributed by atoms with Gasteiger partial charge in [-0.2, -0.15) is 0 Å². The molecule has 224 valence electrons. The van der Waals surface area contributed by atoms with Crippen molar-refractivity contribution >= 4 is 59.9 Å². The molecule has 0 amide bonds. The van der Waals surface area contributed by atoms with E-state index in [4.69, 9.17) is 0 Å². The Labute approximate surface area is 280 Å². The van der Waals surface area contributed by atoms with Crippen molar-refractivity contribution in [2.24, 2.45) is 0 Å². The zero-order chi connectivity index (χ0) is 31.6. The smallest absolute Gasteiger partial charge is 0.00986 e. The minimum atomic E-state index is 1.07. The fourth-order valence-corrected chi connectivity index (χ4v) is 8.25. The molecule has 1 aliphatic rings. The number of fused-ring (bicyclic) bond motifs is 9. The first kappa shape index (κ1) is 27.2. The highest BCUT2D eigenvalue weighted by Gasteiger charge is 2.19. The third-order valence-corrected chi connectivity index (χ3v) is 10.4. The van der Waals surface area contributed by atoms with Gasteiger partial charge in [0.25, 0.3) is 0 Å². The van der Waals surface area contributed by atoms with Gasteiger partial charge in [-0.05, 0) is 148 Å². The Morgan fingerprint density at radius 3 is 1.27 bits per heavy atom. The van der Waals surface area contributed by atoms with Crippen LogP contribution in [0.4, 0.5) is 0 Å². The summed E-state index contributed by atoms with van der Waals surface area (Å²) < 4.78 is 0. The van der Waals surface area contributed by atoms with Gasteiger partial charge < -0.3 is 0 Å². The van der Waals surface area contributed by atoms with Gasteiger partial charge in [0, 0.05) is 0 Å². The molecule has 0 aliphatic heterocycles. The first-order chi connectivity index (χ1) is 23.8. The summed E-state index contributed by atoms with van der Waals surface area (Å²) in [7, 11) is 0. The van der Waals surface area contributed by atoms with Gasteiger partial charge >= 0.3 is 0 Å². The molecule has 1 aliphatic carbocycles. The Morgan fingerprint density at radius 1 is 0.333 bits per heavy atom. The van der Waals surface area contributed by atoms with Crippen molar-refractivity contribution in [3.05, 3.63) is 175 Å².